The van der Waals surface area contributed by atoms with Gasteiger partial charge in [-0.1, -0.05) is 0 Å². The van der Waals surface area contributed by atoms with Crippen LogP contribution in [0.1, 0.15) is 15.9 Å². The summed E-state index contributed by atoms with van der Waals surface area (Å²) in [5, 5.41) is 5.36. The van der Waals surface area contributed by atoms with Crippen LogP contribution < -0.4 is 10.6 Å². The highest BCUT2D eigenvalue weighted by atomic mass is 35.5. The van der Waals surface area contributed by atoms with Crippen LogP contribution in [0.5, 0.6) is 0 Å². The van der Waals surface area contributed by atoms with Crippen LogP contribution in [-0.4, -0.2) is 26.0 Å². The number of benzene rings is 1. The van der Waals surface area contributed by atoms with E-state index in [9.17, 15) is 13.6 Å². The highest BCUT2D eigenvalue weighted by molar-refractivity contribution is 5.94. The lowest BCUT2D eigenvalue weighted by Gasteiger charge is -2.07. The van der Waals surface area contributed by atoms with Crippen LogP contribution in [0.15, 0.2) is 12.1 Å². The highest BCUT2D eigenvalue weighted by Crippen LogP contribution is 2.13. The molecule has 3 nitrogen and oxygen atoms in total. The SMILES string of the molecule is CNCCNC(=O)c1cc(C)c(F)cc1F.Cl. The summed E-state index contributed by atoms with van der Waals surface area (Å²) >= 11 is 0. The average molecular weight is 265 g/mol. The van der Waals surface area contributed by atoms with Crippen molar-refractivity contribution in [2.45, 2.75) is 6.92 Å². The van der Waals surface area contributed by atoms with E-state index in [-0.39, 0.29) is 23.5 Å². The van der Waals surface area contributed by atoms with Gasteiger partial charge < -0.3 is 10.6 Å². The second-order valence-electron chi connectivity index (χ2n) is 3.44. The fourth-order valence-electron chi connectivity index (χ4n) is 1.23. The Balaban J connectivity index is 0.00000256. The molecule has 0 spiro atoms. The summed E-state index contributed by atoms with van der Waals surface area (Å²) in [7, 11) is 1.74. The van der Waals surface area contributed by atoms with Crippen molar-refractivity contribution >= 4 is 18.3 Å². The Hall–Kier alpha value is -1.20. The van der Waals surface area contributed by atoms with Crippen LogP contribution in [-0.2, 0) is 0 Å². The summed E-state index contributed by atoms with van der Waals surface area (Å²) < 4.78 is 26.2. The number of likely N-dealkylation sites (N-methyl/N-ethyl adjacent to an activating group) is 1. The molecule has 1 aromatic rings. The first-order valence-electron chi connectivity index (χ1n) is 4.94. The molecule has 17 heavy (non-hydrogen) atoms. The van der Waals surface area contributed by atoms with Gasteiger partial charge in [0.2, 0.25) is 0 Å². The molecule has 0 aliphatic heterocycles. The largest absolute Gasteiger partial charge is 0.351 e. The first kappa shape index (κ1) is 15.8. The molecule has 1 amide bonds. The maximum Gasteiger partial charge on any atom is 0.254 e. The Morgan fingerprint density at radius 3 is 2.47 bits per heavy atom. The lowest BCUT2D eigenvalue weighted by Crippen LogP contribution is -2.31. The van der Waals surface area contributed by atoms with Crippen LogP contribution in [0.4, 0.5) is 8.78 Å². The fraction of sp³-hybridized carbons (Fsp3) is 0.364. The fourth-order valence-corrected chi connectivity index (χ4v) is 1.23. The number of hydrogen-bond acceptors (Lipinski definition) is 2. The average Bonchev–Trinajstić information content (AvgIpc) is 2.23. The molecule has 1 rings (SSSR count). The van der Waals surface area contributed by atoms with Gasteiger partial charge in [0.05, 0.1) is 5.56 Å². The zero-order valence-corrected chi connectivity index (χ0v) is 10.5. The number of aryl methyl sites for hydroxylation is 1. The van der Waals surface area contributed by atoms with E-state index in [4.69, 9.17) is 0 Å². The molecule has 0 saturated carbocycles. The number of nitrogens with one attached hydrogen (secondary N) is 2. The van der Waals surface area contributed by atoms with Gasteiger partial charge in [-0.3, -0.25) is 4.79 Å². The second kappa shape index (κ2) is 7.19. The number of amides is 1. The van der Waals surface area contributed by atoms with E-state index in [0.717, 1.165) is 6.07 Å². The smallest absolute Gasteiger partial charge is 0.254 e. The molecule has 0 aromatic heterocycles. The maximum atomic E-state index is 13.3. The molecular weight excluding hydrogens is 250 g/mol. The van der Waals surface area contributed by atoms with Crippen molar-refractivity contribution in [3.05, 3.63) is 34.9 Å². The Kier molecular flexibility index (Phi) is 6.68. The molecular formula is C11H15ClF2N2O. The summed E-state index contributed by atoms with van der Waals surface area (Å²) in [5.74, 6) is -2.02. The second-order valence-corrected chi connectivity index (χ2v) is 3.44. The number of hydrogen-bond donors (Lipinski definition) is 2. The Bertz CT molecular complexity index is 399. The molecule has 0 fully saturated rings. The molecule has 0 unspecified atom stereocenters. The molecule has 6 heteroatoms. The molecule has 0 atom stereocenters. The summed E-state index contributed by atoms with van der Waals surface area (Å²) in [6, 6.07) is 1.93. The lowest BCUT2D eigenvalue weighted by molar-refractivity contribution is 0.0950. The van der Waals surface area contributed by atoms with Gasteiger partial charge in [-0.25, -0.2) is 8.78 Å². The third kappa shape index (κ3) is 4.28. The topological polar surface area (TPSA) is 41.1 Å². The Labute approximate surface area is 105 Å². The number of carbonyl (C=O) groups excluding carboxylic acids is 1. The summed E-state index contributed by atoms with van der Waals surface area (Å²) in [6.07, 6.45) is 0. The van der Waals surface area contributed by atoms with Crippen molar-refractivity contribution in [1.29, 1.82) is 0 Å². The minimum absolute atomic E-state index is 0. The minimum atomic E-state index is -0.843. The van der Waals surface area contributed by atoms with Crippen molar-refractivity contribution < 1.29 is 13.6 Å². The first-order chi connectivity index (χ1) is 7.56. The van der Waals surface area contributed by atoms with Gasteiger partial charge in [0, 0.05) is 19.2 Å². The monoisotopic (exact) mass is 264 g/mol. The van der Waals surface area contributed by atoms with Crippen molar-refractivity contribution in [3.8, 4) is 0 Å². The van der Waals surface area contributed by atoms with Gasteiger partial charge in [-0.15, -0.1) is 12.4 Å². The van der Waals surface area contributed by atoms with Gasteiger partial charge in [0.25, 0.3) is 5.91 Å². The van der Waals surface area contributed by atoms with Crippen LogP contribution in [0.25, 0.3) is 0 Å². The van der Waals surface area contributed by atoms with Gasteiger partial charge in [-0.2, -0.15) is 0 Å². The van der Waals surface area contributed by atoms with Crippen LogP contribution in [0, 0.1) is 18.6 Å². The molecule has 0 saturated heterocycles. The van der Waals surface area contributed by atoms with Gasteiger partial charge in [0.1, 0.15) is 11.6 Å². The molecule has 2 N–H and O–H groups in total. The summed E-state index contributed by atoms with van der Waals surface area (Å²) in [5.41, 5.74) is 0.121. The standard InChI is InChI=1S/C11H14F2N2O.ClH/c1-7-5-8(10(13)6-9(7)12)11(16)15-4-3-14-2;/h5-6,14H,3-4H2,1-2H3,(H,15,16);1H. The number of halogens is 3. The molecule has 0 aliphatic rings. The van der Waals surface area contributed by atoms with E-state index in [1.54, 1.807) is 7.05 Å². The van der Waals surface area contributed by atoms with E-state index in [0.29, 0.717) is 13.1 Å². The maximum absolute atomic E-state index is 13.3. The molecule has 96 valence electrons. The van der Waals surface area contributed by atoms with Crippen molar-refractivity contribution in [1.82, 2.24) is 10.6 Å². The summed E-state index contributed by atoms with van der Waals surface area (Å²) in [6.45, 7) is 2.47. The van der Waals surface area contributed by atoms with Crippen molar-refractivity contribution in [2.24, 2.45) is 0 Å². The number of rotatable bonds is 4. The van der Waals surface area contributed by atoms with Crippen molar-refractivity contribution in [2.75, 3.05) is 20.1 Å². The first-order valence-corrected chi connectivity index (χ1v) is 4.94. The molecule has 0 heterocycles. The van der Waals surface area contributed by atoms with Gasteiger partial charge >= 0.3 is 0 Å². The molecule has 0 radical (unpaired) electrons. The van der Waals surface area contributed by atoms with Crippen LogP contribution in [0.2, 0.25) is 0 Å². The normalized spacial score (nSPS) is 9.65. The summed E-state index contributed by atoms with van der Waals surface area (Å²) in [4.78, 5) is 11.5. The van der Waals surface area contributed by atoms with E-state index in [1.807, 2.05) is 0 Å². The third-order valence-electron chi connectivity index (χ3n) is 2.15. The Morgan fingerprint density at radius 2 is 1.88 bits per heavy atom. The number of carbonyl (C=O) groups is 1. The lowest BCUT2D eigenvalue weighted by atomic mass is 10.1. The van der Waals surface area contributed by atoms with E-state index in [2.05, 4.69) is 10.6 Å². The predicted octanol–water partition coefficient (Wildman–Crippen LogP) is 1.64. The predicted molar refractivity (Wildman–Crippen MR) is 64.6 cm³/mol. The highest BCUT2D eigenvalue weighted by Gasteiger charge is 2.13. The molecule has 1 aromatic carbocycles. The Morgan fingerprint density at radius 1 is 1.24 bits per heavy atom. The van der Waals surface area contributed by atoms with Gasteiger partial charge in [0.15, 0.2) is 0 Å². The van der Waals surface area contributed by atoms with E-state index in [1.165, 1.54) is 13.0 Å². The van der Waals surface area contributed by atoms with Crippen LogP contribution in [0.3, 0.4) is 0 Å². The van der Waals surface area contributed by atoms with Gasteiger partial charge in [-0.05, 0) is 25.6 Å². The zero-order chi connectivity index (χ0) is 12.1. The zero-order valence-electron chi connectivity index (χ0n) is 9.64. The van der Waals surface area contributed by atoms with Crippen molar-refractivity contribution in [3.63, 3.8) is 0 Å². The van der Waals surface area contributed by atoms with Crippen LogP contribution >= 0.6 is 12.4 Å². The third-order valence-corrected chi connectivity index (χ3v) is 2.15. The molecule has 0 bridgehead atoms. The van der Waals surface area contributed by atoms with E-state index < -0.39 is 17.5 Å². The molecule has 0 aliphatic carbocycles. The quantitative estimate of drug-likeness (QED) is 0.812. The van der Waals surface area contributed by atoms with E-state index >= 15 is 0 Å². The minimum Gasteiger partial charge on any atom is -0.351 e.